The van der Waals surface area contributed by atoms with E-state index in [1.165, 1.54) is 11.8 Å². The Morgan fingerprint density at radius 2 is 1.73 bits per heavy atom. The van der Waals surface area contributed by atoms with E-state index in [9.17, 15) is 9.59 Å². The van der Waals surface area contributed by atoms with E-state index in [-0.39, 0.29) is 11.7 Å². The van der Waals surface area contributed by atoms with Crippen molar-refractivity contribution in [2.45, 2.75) is 19.8 Å². The van der Waals surface area contributed by atoms with Gasteiger partial charge in [-0.2, -0.15) is 0 Å². The molecule has 0 bridgehead atoms. The van der Waals surface area contributed by atoms with E-state index in [1.54, 1.807) is 14.1 Å². The molecule has 1 rings (SSSR count). The first-order chi connectivity index (χ1) is 5.00. The van der Waals surface area contributed by atoms with E-state index in [0.717, 1.165) is 12.8 Å². The normalized spacial score (nSPS) is 19.2. The summed E-state index contributed by atoms with van der Waals surface area (Å²) < 4.78 is 0. The molecule has 1 aliphatic rings. The molecular formula is C8H13NO2. The van der Waals surface area contributed by atoms with Gasteiger partial charge >= 0.3 is 0 Å². The highest BCUT2D eigenvalue weighted by atomic mass is 16.2. The molecule has 0 aliphatic heterocycles. The van der Waals surface area contributed by atoms with Crippen LogP contribution in [-0.2, 0) is 9.59 Å². The third-order valence-corrected chi connectivity index (χ3v) is 2.24. The maximum absolute atomic E-state index is 11.4. The first kappa shape index (κ1) is 8.24. The molecular weight excluding hydrogens is 142 g/mol. The summed E-state index contributed by atoms with van der Waals surface area (Å²) in [5.74, 6) is -0.0267. The lowest BCUT2D eigenvalue weighted by atomic mass is 10.0. The van der Waals surface area contributed by atoms with Gasteiger partial charge in [0.05, 0.1) is 0 Å². The van der Waals surface area contributed by atoms with Gasteiger partial charge in [0.25, 0.3) is 0 Å². The summed E-state index contributed by atoms with van der Waals surface area (Å²) in [4.78, 5) is 23.9. The molecule has 0 N–H and O–H groups in total. The average Bonchev–Trinajstić information content (AvgIpc) is 2.65. The summed E-state index contributed by atoms with van der Waals surface area (Å²) >= 11 is 0. The van der Waals surface area contributed by atoms with Crippen LogP contribution >= 0.6 is 0 Å². The molecule has 11 heavy (non-hydrogen) atoms. The molecule has 3 nitrogen and oxygen atoms in total. The van der Waals surface area contributed by atoms with Crippen molar-refractivity contribution in [2.24, 2.45) is 5.41 Å². The van der Waals surface area contributed by atoms with E-state index in [0.29, 0.717) is 0 Å². The van der Waals surface area contributed by atoms with Crippen molar-refractivity contribution < 1.29 is 9.59 Å². The fourth-order valence-electron chi connectivity index (χ4n) is 1.27. The number of nitrogens with zero attached hydrogens (tertiary/aromatic N) is 1. The topological polar surface area (TPSA) is 37.4 Å². The van der Waals surface area contributed by atoms with Gasteiger partial charge in [-0.25, -0.2) is 0 Å². The molecule has 0 aromatic heterocycles. The molecule has 1 aliphatic carbocycles. The molecule has 0 unspecified atom stereocenters. The summed E-state index contributed by atoms with van der Waals surface area (Å²) in [5, 5.41) is 0. The van der Waals surface area contributed by atoms with Crippen LogP contribution in [-0.4, -0.2) is 30.7 Å². The minimum Gasteiger partial charge on any atom is -0.348 e. The van der Waals surface area contributed by atoms with Crippen molar-refractivity contribution in [3.05, 3.63) is 0 Å². The second-order valence-electron chi connectivity index (χ2n) is 3.34. The lowest BCUT2D eigenvalue weighted by molar-refractivity contribution is -0.140. The zero-order valence-corrected chi connectivity index (χ0v) is 7.18. The van der Waals surface area contributed by atoms with Crippen LogP contribution in [0.2, 0.25) is 0 Å². The average molecular weight is 155 g/mol. The number of carbonyl (C=O) groups is 2. The first-order valence-corrected chi connectivity index (χ1v) is 3.73. The van der Waals surface area contributed by atoms with Gasteiger partial charge in [0.2, 0.25) is 5.91 Å². The van der Waals surface area contributed by atoms with Crippen molar-refractivity contribution in [3.8, 4) is 0 Å². The Morgan fingerprint density at radius 1 is 1.27 bits per heavy atom. The fourth-order valence-corrected chi connectivity index (χ4v) is 1.27. The quantitative estimate of drug-likeness (QED) is 0.543. The number of hydrogen-bond donors (Lipinski definition) is 0. The predicted molar refractivity (Wildman–Crippen MR) is 41.0 cm³/mol. The van der Waals surface area contributed by atoms with E-state index in [2.05, 4.69) is 0 Å². The van der Waals surface area contributed by atoms with Crippen molar-refractivity contribution in [1.29, 1.82) is 0 Å². The van der Waals surface area contributed by atoms with Gasteiger partial charge in [0.15, 0.2) is 0 Å². The van der Waals surface area contributed by atoms with Crippen LogP contribution in [0.1, 0.15) is 19.8 Å². The third-order valence-electron chi connectivity index (χ3n) is 2.24. The molecule has 0 radical (unpaired) electrons. The van der Waals surface area contributed by atoms with Crippen molar-refractivity contribution in [2.75, 3.05) is 14.1 Å². The molecule has 0 atom stereocenters. The number of amides is 1. The highest BCUT2D eigenvalue weighted by Gasteiger charge is 2.54. The number of hydrogen-bond acceptors (Lipinski definition) is 2. The van der Waals surface area contributed by atoms with Gasteiger partial charge in [-0.3, -0.25) is 9.59 Å². The number of rotatable bonds is 2. The van der Waals surface area contributed by atoms with Crippen LogP contribution in [0.25, 0.3) is 0 Å². The smallest absolute Gasteiger partial charge is 0.235 e. The Labute approximate surface area is 66.4 Å². The Hall–Kier alpha value is -0.860. The van der Waals surface area contributed by atoms with Gasteiger partial charge in [0, 0.05) is 14.1 Å². The summed E-state index contributed by atoms with van der Waals surface area (Å²) in [6, 6.07) is 0. The minimum absolute atomic E-state index is 0.0104. The standard InChI is InChI=1S/C8H13NO2/c1-6(10)8(4-5-8)7(11)9(2)3/h4-5H2,1-3H3. The summed E-state index contributed by atoms with van der Waals surface area (Å²) in [5.41, 5.74) is -0.622. The van der Waals surface area contributed by atoms with Gasteiger partial charge in [0.1, 0.15) is 11.2 Å². The van der Waals surface area contributed by atoms with Gasteiger partial charge in [-0.1, -0.05) is 0 Å². The Kier molecular flexibility index (Phi) is 1.74. The van der Waals surface area contributed by atoms with E-state index in [4.69, 9.17) is 0 Å². The molecule has 0 saturated heterocycles. The lowest BCUT2D eigenvalue weighted by Crippen LogP contribution is -2.35. The zero-order valence-electron chi connectivity index (χ0n) is 7.18. The van der Waals surface area contributed by atoms with Crippen molar-refractivity contribution in [3.63, 3.8) is 0 Å². The number of ketones is 1. The van der Waals surface area contributed by atoms with E-state index < -0.39 is 5.41 Å². The molecule has 0 aromatic carbocycles. The number of Topliss-reactive ketones (excluding diaryl/α,β-unsaturated/α-hetero) is 1. The van der Waals surface area contributed by atoms with Crippen molar-refractivity contribution in [1.82, 2.24) is 4.90 Å². The predicted octanol–water partition coefficient (Wildman–Crippen LogP) is 0.444. The maximum atomic E-state index is 11.4. The summed E-state index contributed by atoms with van der Waals surface area (Å²) in [7, 11) is 3.37. The summed E-state index contributed by atoms with van der Waals surface area (Å²) in [6.45, 7) is 1.49. The Balaban J connectivity index is 2.74. The van der Waals surface area contributed by atoms with Crippen LogP contribution in [0.15, 0.2) is 0 Å². The largest absolute Gasteiger partial charge is 0.348 e. The van der Waals surface area contributed by atoms with Gasteiger partial charge in [-0.15, -0.1) is 0 Å². The zero-order chi connectivity index (χ0) is 8.65. The molecule has 0 spiro atoms. The monoisotopic (exact) mass is 155 g/mol. The second-order valence-corrected chi connectivity index (χ2v) is 3.34. The van der Waals surface area contributed by atoms with E-state index in [1.807, 2.05) is 0 Å². The van der Waals surface area contributed by atoms with Gasteiger partial charge in [-0.05, 0) is 19.8 Å². The maximum Gasteiger partial charge on any atom is 0.235 e. The highest BCUT2D eigenvalue weighted by molar-refractivity contribution is 6.07. The lowest BCUT2D eigenvalue weighted by Gasteiger charge is -2.16. The Bertz CT molecular complexity index is 204. The minimum atomic E-state index is -0.622. The molecule has 0 heterocycles. The van der Waals surface area contributed by atoms with Crippen molar-refractivity contribution >= 4 is 11.7 Å². The van der Waals surface area contributed by atoms with Crippen LogP contribution in [0.4, 0.5) is 0 Å². The van der Waals surface area contributed by atoms with Crippen LogP contribution < -0.4 is 0 Å². The highest BCUT2D eigenvalue weighted by Crippen LogP contribution is 2.47. The SMILES string of the molecule is CC(=O)C1(C(=O)N(C)C)CC1. The fraction of sp³-hybridized carbons (Fsp3) is 0.750. The van der Waals surface area contributed by atoms with Gasteiger partial charge < -0.3 is 4.90 Å². The molecule has 0 aromatic rings. The van der Waals surface area contributed by atoms with Crippen LogP contribution in [0, 0.1) is 5.41 Å². The van der Waals surface area contributed by atoms with Crippen LogP contribution in [0.3, 0.4) is 0 Å². The third kappa shape index (κ3) is 1.15. The number of carbonyl (C=O) groups excluding carboxylic acids is 2. The van der Waals surface area contributed by atoms with Crippen LogP contribution in [0.5, 0.6) is 0 Å². The van der Waals surface area contributed by atoms with E-state index >= 15 is 0 Å². The Morgan fingerprint density at radius 3 is 1.82 bits per heavy atom. The molecule has 62 valence electrons. The molecule has 3 heteroatoms. The first-order valence-electron chi connectivity index (χ1n) is 3.73. The summed E-state index contributed by atoms with van der Waals surface area (Å²) in [6.07, 6.45) is 1.47. The molecule has 1 fully saturated rings. The molecule has 1 saturated carbocycles. The second kappa shape index (κ2) is 2.32. The molecule has 1 amide bonds.